The number of nitrogens with one attached hydrogen (secondary N) is 1. The average Bonchev–Trinajstić information content (AvgIpc) is 3.06. The van der Waals surface area contributed by atoms with Crippen LogP contribution in [0, 0.1) is 12.7 Å². The monoisotopic (exact) mass is 383 g/mol. The number of fused-ring (bicyclic) bond motifs is 1. The normalized spacial score (nSPS) is 13.3. The maximum absolute atomic E-state index is 13.3. The summed E-state index contributed by atoms with van der Waals surface area (Å²) in [6.45, 7) is 1.87. The van der Waals surface area contributed by atoms with Crippen LogP contribution >= 0.6 is 11.6 Å². The number of carbonyl (C=O) groups excluding carboxylic acids is 1. The van der Waals surface area contributed by atoms with Gasteiger partial charge >= 0.3 is 0 Å². The molecular formula is C21H19ClFN3O. The van der Waals surface area contributed by atoms with Gasteiger partial charge in [-0.1, -0.05) is 17.7 Å². The summed E-state index contributed by atoms with van der Waals surface area (Å²) in [6, 6.07) is 11.6. The van der Waals surface area contributed by atoms with Crippen molar-refractivity contribution in [2.75, 3.05) is 5.32 Å². The molecule has 4 nitrogen and oxygen atoms in total. The van der Waals surface area contributed by atoms with E-state index in [4.69, 9.17) is 11.6 Å². The summed E-state index contributed by atoms with van der Waals surface area (Å²) in [7, 11) is 0. The third kappa shape index (κ3) is 3.35. The van der Waals surface area contributed by atoms with Crippen LogP contribution < -0.4 is 5.32 Å². The van der Waals surface area contributed by atoms with Crippen LogP contribution in [0.15, 0.2) is 42.5 Å². The van der Waals surface area contributed by atoms with Crippen molar-refractivity contribution in [3.8, 4) is 5.69 Å². The van der Waals surface area contributed by atoms with Gasteiger partial charge in [-0.3, -0.25) is 4.79 Å². The van der Waals surface area contributed by atoms with Gasteiger partial charge in [-0.2, -0.15) is 5.10 Å². The zero-order valence-electron chi connectivity index (χ0n) is 14.9. The van der Waals surface area contributed by atoms with E-state index in [9.17, 15) is 9.18 Å². The van der Waals surface area contributed by atoms with Crippen LogP contribution in [0.3, 0.4) is 0 Å². The van der Waals surface area contributed by atoms with Gasteiger partial charge in [-0.05, 0) is 74.6 Å². The number of carbonyl (C=O) groups is 1. The highest BCUT2D eigenvalue weighted by atomic mass is 35.5. The van der Waals surface area contributed by atoms with E-state index >= 15 is 0 Å². The molecule has 0 spiro atoms. The van der Waals surface area contributed by atoms with E-state index in [0.717, 1.165) is 48.2 Å². The fourth-order valence-electron chi connectivity index (χ4n) is 3.50. The van der Waals surface area contributed by atoms with Crippen molar-refractivity contribution < 1.29 is 9.18 Å². The summed E-state index contributed by atoms with van der Waals surface area (Å²) in [6.07, 6.45) is 3.74. The van der Waals surface area contributed by atoms with Crippen LogP contribution in [0.5, 0.6) is 0 Å². The van der Waals surface area contributed by atoms with Crippen molar-refractivity contribution in [1.82, 2.24) is 9.78 Å². The lowest BCUT2D eigenvalue weighted by Gasteiger charge is -2.14. The third-order valence-electron chi connectivity index (χ3n) is 4.98. The first-order valence-electron chi connectivity index (χ1n) is 8.98. The number of rotatable bonds is 3. The molecule has 1 amide bonds. The van der Waals surface area contributed by atoms with Gasteiger partial charge in [0.2, 0.25) is 0 Å². The second-order valence-corrected chi connectivity index (χ2v) is 7.14. The number of halogens is 2. The van der Waals surface area contributed by atoms with E-state index in [1.807, 2.05) is 13.0 Å². The Hall–Kier alpha value is -2.66. The molecule has 4 rings (SSSR count). The van der Waals surface area contributed by atoms with E-state index < -0.39 is 0 Å². The molecule has 27 heavy (non-hydrogen) atoms. The maximum atomic E-state index is 13.3. The third-order valence-corrected chi connectivity index (χ3v) is 5.39. The number of benzene rings is 2. The molecule has 1 aromatic heterocycles. The molecule has 2 aromatic carbocycles. The Morgan fingerprint density at radius 3 is 2.67 bits per heavy atom. The Labute approximate surface area is 162 Å². The van der Waals surface area contributed by atoms with E-state index in [1.54, 1.807) is 28.9 Å². The molecule has 0 atom stereocenters. The minimum Gasteiger partial charge on any atom is -0.320 e. The van der Waals surface area contributed by atoms with Crippen LogP contribution in [0.4, 0.5) is 10.1 Å². The van der Waals surface area contributed by atoms with Crippen LogP contribution in [0.1, 0.15) is 40.2 Å². The lowest BCUT2D eigenvalue weighted by Crippen LogP contribution is -2.16. The SMILES string of the molecule is Cc1c(Cl)cccc1NC(=O)c1nn(-c2ccc(F)cc2)c2c1CCCC2. The average molecular weight is 384 g/mol. The summed E-state index contributed by atoms with van der Waals surface area (Å²) >= 11 is 6.15. The molecule has 0 fully saturated rings. The van der Waals surface area contributed by atoms with E-state index in [0.29, 0.717) is 16.4 Å². The van der Waals surface area contributed by atoms with Crippen molar-refractivity contribution in [2.24, 2.45) is 0 Å². The summed E-state index contributed by atoms with van der Waals surface area (Å²) in [5, 5.41) is 8.12. The van der Waals surface area contributed by atoms with Crippen LogP contribution in [0.25, 0.3) is 5.69 Å². The Bertz CT molecular complexity index is 1010. The molecule has 138 valence electrons. The van der Waals surface area contributed by atoms with Gasteiger partial charge in [0.1, 0.15) is 5.82 Å². The van der Waals surface area contributed by atoms with Crippen molar-refractivity contribution in [1.29, 1.82) is 0 Å². The van der Waals surface area contributed by atoms with Crippen molar-refractivity contribution in [3.05, 3.63) is 75.8 Å². The van der Waals surface area contributed by atoms with Gasteiger partial charge in [-0.25, -0.2) is 9.07 Å². The molecule has 0 aliphatic heterocycles. The van der Waals surface area contributed by atoms with Crippen molar-refractivity contribution >= 4 is 23.2 Å². The minimum atomic E-state index is -0.297. The molecule has 0 saturated carbocycles. The maximum Gasteiger partial charge on any atom is 0.276 e. The smallest absolute Gasteiger partial charge is 0.276 e. The number of nitrogens with zero attached hydrogens (tertiary/aromatic N) is 2. The Morgan fingerprint density at radius 2 is 1.89 bits per heavy atom. The molecule has 1 N–H and O–H groups in total. The predicted octanol–water partition coefficient (Wildman–Crippen LogP) is 5.10. The topological polar surface area (TPSA) is 46.9 Å². The summed E-state index contributed by atoms with van der Waals surface area (Å²) in [5.74, 6) is -0.548. The number of hydrogen-bond acceptors (Lipinski definition) is 2. The van der Waals surface area contributed by atoms with Gasteiger partial charge in [0.25, 0.3) is 5.91 Å². The second-order valence-electron chi connectivity index (χ2n) is 6.74. The number of hydrogen-bond donors (Lipinski definition) is 1. The van der Waals surface area contributed by atoms with E-state index in [-0.39, 0.29) is 11.7 Å². The second kappa shape index (κ2) is 7.16. The number of amides is 1. The fourth-order valence-corrected chi connectivity index (χ4v) is 3.68. The Morgan fingerprint density at radius 1 is 1.15 bits per heavy atom. The molecule has 1 heterocycles. The highest BCUT2D eigenvalue weighted by molar-refractivity contribution is 6.31. The van der Waals surface area contributed by atoms with E-state index in [1.165, 1.54) is 12.1 Å². The molecular weight excluding hydrogens is 365 g/mol. The van der Waals surface area contributed by atoms with Crippen LogP contribution in [0.2, 0.25) is 5.02 Å². The highest BCUT2D eigenvalue weighted by Crippen LogP contribution is 2.29. The first kappa shape index (κ1) is 17.7. The summed E-state index contributed by atoms with van der Waals surface area (Å²) in [4.78, 5) is 13.0. The van der Waals surface area contributed by atoms with Gasteiger partial charge in [0, 0.05) is 22.0 Å². The summed E-state index contributed by atoms with van der Waals surface area (Å²) < 4.78 is 15.1. The highest BCUT2D eigenvalue weighted by Gasteiger charge is 2.26. The van der Waals surface area contributed by atoms with Crippen molar-refractivity contribution in [2.45, 2.75) is 32.6 Å². The fraction of sp³-hybridized carbons (Fsp3) is 0.238. The molecule has 0 unspecified atom stereocenters. The minimum absolute atomic E-state index is 0.251. The predicted molar refractivity (Wildman–Crippen MR) is 104 cm³/mol. The number of aromatic nitrogens is 2. The van der Waals surface area contributed by atoms with Crippen LogP contribution in [-0.2, 0) is 12.8 Å². The van der Waals surface area contributed by atoms with Gasteiger partial charge in [0.15, 0.2) is 5.69 Å². The molecule has 3 aromatic rings. The van der Waals surface area contributed by atoms with Gasteiger partial charge in [0.05, 0.1) is 5.69 Å². The van der Waals surface area contributed by atoms with Gasteiger partial charge < -0.3 is 5.32 Å². The molecule has 0 radical (unpaired) electrons. The number of anilines is 1. The first-order chi connectivity index (χ1) is 13.0. The largest absolute Gasteiger partial charge is 0.320 e. The van der Waals surface area contributed by atoms with Gasteiger partial charge in [-0.15, -0.1) is 0 Å². The molecule has 1 aliphatic rings. The Kier molecular flexibility index (Phi) is 4.70. The Balaban J connectivity index is 1.73. The molecule has 6 heteroatoms. The molecule has 0 saturated heterocycles. The van der Waals surface area contributed by atoms with Crippen LogP contribution in [-0.4, -0.2) is 15.7 Å². The quantitative estimate of drug-likeness (QED) is 0.683. The summed E-state index contributed by atoms with van der Waals surface area (Å²) in [5.41, 5.74) is 4.68. The lowest BCUT2D eigenvalue weighted by atomic mass is 9.95. The van der Waals surface area contributed by atoms with E-state index in [2.05, 4.69) is 10.4 Å². The molecule has 1 aliphatic carbocycles. The first-order valence-corrected chi connectivity index (χ1v) is 9.35. The zero-order chi connectivity index (χ0) is 19.0. The van der Waals surface area contributed by atoms with Crippen molar-refractivity contribution in [3.63, 3.8) is 0 Å². The lowest BCUT2D eigenvalue weighted by molar-refractivity contribution is 0.102. The molecule has 0 bridgehead atoms. The zero-order valence-corrected chi connectivity index (χ0v) is 15.7. The standard InChI is InChI=1S/C21H19ClFN3O/c1-13-17(22)6-4-7-18(13)24-21(27)20-16-5-2-3-8-19(16)26(25-20)15-11-9-14(23)10-12-15/h4,6-7,9-12H,2-3,5,8H2,1H3,(H,24,27).